The molecule has 0 saturated heterocycles. The van der Waals surface area contributed by atoms with Crippen LogP contribution in [0, 0.1) is 5.82 Å². The summed E-state index contributed by atoms with van der Waals surface area (Å²) in [6, 6.07) is 38.5. The van der Waals surface area contributed by atoms with Crippen LogP contribution in [0.15, 0.2) is 133 Å². The third-order valence-electron chi connectivity index (χ3n) is 10.2. The number of ketones is 1. The van der Waals surface area contributed by atoms with Crippen molar-refractivity contribution in [2.75, 3.05) is 10.2 Å². The van der Waals surface area contributed by atoms with Crippen molar-refractivity contribution in [1.29, 1.82) is 0 Å². The van der Waals surface area contributed by atoms with Gasteiger partial charge in [0.2, 0.25) is 0 Å². The first kappa shape index (κ1) is 46.1. The Morgan fingerprint density at radius 2 is 1.36 bits per heavy atom. The first-order chi connectivity index (χ1) is 28.8. The number of halogens is 1. The van der Waals surface area contributed by atoms with E-state index in [-0.39, 0.29) is 75.4 Å². The van der Waals surface area contributed by atoms with Crippen molar-refractivity contribution in [3.05, 3.63) is 162 Å². The first-order valence-electron chi connectivity index (χ1n) is 19.7. The number of urea groups is 1. The summed E-state index contributed by atoms with van der Waals surface area (Å²) in [4.78, 5) is 50.5. The van der Waals surface area contributed by atoms with Crippen LogP contribution in [-0.2, 0) is 17.8 Å². The standard InChI is InChI=1S/C33H35FN2O5.C15H12N2O2.Bi.3H/c1-21(2)31-30(33(41)35-25-11-7-4-8-12-25)29(22-9-5-3-6-10-22)32(23-13-15-24(34)16-14-23)36(31)18-17-26(37)19-27(38)20-28(39)40;16-15(19)17-12-7-3-1-5-10(12)9-14(18)11-6-2-4-8-13(11)17;;;;/h3-16,21,26-27,37-38H,17-20H2,1-2H3,(H,35,41)(H,39,40);1-8H,9H2,(H2,16,19);;;;/t26-,27-;;;;;/m1...../s1. The number of carboxylic acid groups (broad SMARTS) is 1. The van der Waals surface area contributed by atoms with E-state index in [1.807, 2.05) is 97.3 Å². The predicted octanol–water partition coefficient (Wildman–Crippen LogP) is 7.77. The van der Waals surface area contributed by atoms with Crippen LogP contribution in [0.5, 0.6) is 0 Å². The minimum atomic E-state index is -1.18. The minimum absolute atomic E-state index is 0. The SMILES string of the molecule is CC(C)c1c(C(=O)Nc2ccccc2)c(-c2ccccc2)c(-c2ccc(F)cc2)n1CC[C@@H](O)C[C@@H](O)CC(=O)O.NC(=O)N1c2ccccc2CC(=O)c2ccccc21.[BiH3]. The molecule has 0 unspecified atom stereocenters. The zero-order valence-corrected chi connectivity index (χ0v) is 39.5. The second kappa shape index (κ2) is 21.0. The fourth-order valence-electron chi connectivity index (χ4n) is 7.62. The Bertz CT molecular complexity index is 2480. The van der Waals surface area contributed by atoms with Crippen LogP contribution in [0.1, 0.15) is 71.0 Å². The molecule has 1 aliphatic rings. The Balaban J connectivity index is 0.000000292. The molecule has 2 heterocycles. The zero-order valence-electron chi connectivity index (χ0n) is 34.0. The molecule has 61 heavy (non-hydrogen) atoms. The number of aromatic nitrogens is 1. The molecule has 6 aromatic rings. The van der Waals surface area contributed by atoms with Crippen molar-refractivity contribution in [3.63, 3.8) is 0 Å². The van der Waals surface area contributed by atoms with Gasteiger partial charge in [-0.1, -0.05) is 92.7 Å². The fourth-order valence-corrected chi connectivity index (χ4v) is 7.62. The van der Waals surface area contributed by atoms with Gasteiger partial charge in [0, 0.05) is 35.5 Å². The Morgan fingerprint density at radius 1 is 0.770 bits per heavy atom. The van der Waals surface area contributed by atoms with Gasteiger partial charge in [0.25, 0.3) is 5.91 Å². The second-order valence-corrected chi connectivity index (χ2v) is 14.8. The summed E-state index contributed by atoms with van der Waals surface area (Å²) in [6.07, 6.45) is -2.23. The number of carbonyl (C=O) groups is 4. The molecule has 1 aliphatic heterocycles. The number of aliphatic hydroxyl groups is 2. The molecular weight excluding hydrogens is 973 g/mol. The van der Waals surface area contributed by atoms with Crippen molar-refractivity contribution in [2.24, 2.45) is 5.73 Å². The van der Waals surface area contributed by atoms with Crippen molar-refractivity contribution < 1.29 is 38.9 Å². The maximum absolute atomic E-state index is 14.0. The molecule has 3 amide bonds. The molecule has 5 aromatic carbocycles. The van der Waals surface area contributed by atoms with Gasteiger partial charge in [0.1, 0.15) is 5.82 Å². The summed E-state index contributed by atoms with van der Waals surface area (Å²) >= 11 is 0. The average Bonchev–Trinajstić information content (AvgIpc) is 3.51. The van der Waals surface area contributed by atoms with Crippen LogP contribution in [0.25, 0.3) is 22.4 Å². The number of hydrogen-bond donors (Lipinski definition) is 5. The third kappa shape index (κ3) is 11.0. The number of fused-ring (bicyclic) bond motifs is 2. The van der Waals surface area contributed by atoms with E-state index in [9.17, 15) is 33.8 Å². The van der Waals surface area contributed by atoms with Crippen molar-refractivity contribution in [3.8, 4) is 22.4 Å². The van der Waals surface area contributed by atoms with Gasteiger partial charge in [0.05, 0.1) is 41.3 Å². The molecule has 0 spiro atoms. The summed E-state index contributed by atoms with van der Waals surface area (Å²) in [5.74, 6) is -1.94. The summed E-state index contributed by atoms with van der Waals surface area (Å²) in [5, 5.41) is 32.8. The number of nitrogens with zero attached hydrogens (tertiary/aromatic N) is 2. The molecule has 0 radical (unpaired) electrons. The van der Waals surface area contributed by atoms with Gasteiger partial charge in [0.15, 0.2) is 5.78 Å². The molecule has 0 aliphatic carbocycles. The normalized spacial score (nSPS) is 12.8. The number of aliphatic carboxylic acids is 1. The van der Waals surface area contributed by atoms with Crippen molar-refractivity contribution >= 4 is 67.0 Å². The monoisotopic (exact) mass is 1020 g/mol. The molecule has 1 aromatic heterocycles. The summed E-state index contributed by atoms with van der Waals surface area (Å²) in [6.45, 7) is 4.25. The topological polar surface area (TPSA) is 175 Å². The van der Waals surface area contributed by atoms with Crippen LogP contribution in [0.4, 0.5) is 26.2 Å². The molecule has 7 rings (SSSR count). The van der Waals surface area contributed by atoms with E-state index in [0.717, 1.165) is 16.8 Å². The number of nitrogens with one attached hydrogen (secondary N) is 1. The zero-order chi connectivity index (χ0) is 42.9. The average molecular weight is 1020 g/mol. The summed E-state index contributed by atoms with van der Waals surface area (Å²) < 4.78 is 16.0. The van der Waals surface area contributed by atoms with Crippen LogP contribution in [0.2, 0.25) is 0 Å². The van der Waals surface area contributed by atoms with E-state index >= 15 is 0 Å². The molecule has 11 nitrogen and oxygen atoms in total. The van der Waals surface area contributed by atoms with Gasteiger partial charge in [-0.25, -0.2) is 9.18 Å². The molecule has 0 fully saturated rings. The Hall–Kier alpha value is -6.01. The first-order valence-corrected chi connectivity index (χ1v) is 19.7. The van der Waals surface area contributed by atoms with Crippen molar-refractivity contribution in [2.45, 2.75) is 64.2 Å². The van der Waals surface area contributed by atoms with E-state index in [0.29, 0.717) is 45.0 Å². The number of benzene rings is 5. The fraction of sp³-hybridized carbons (Fsp3) is 0.208. The van der Waals surface area contributed by atoms with Gasteiger partial charge in [-0.3, -0.25) is 19.3 Å². The molecule has 0 saturated carbocycles. The number of Topliss-reactive ketones (excluding diaryl/α,β-unsaturated/α-hetero) is 1. The number of rotatable bonds is 12. The molecular formula is C48H50BiFN4O7. The van der Waals surface area contributed by atoms with Gasteiger partial charge in [-0.15, -0.1) is 0 Å². The van der Waals surface area contributed by atoms with Gasteiger partial charge in [-0.05, 0) is 90.0 Å². The van der Waals surface area contributed by atoms with Crippen molar-refractivity contribution in [1.82, 2.24) is 4.57 Å². The molecule has 13 heteroatoms. The van der Waals surface area contributed by atoms with E-state index in [2.05, 4.69) is 5.32 Å². The van der Waals surface area contributed by atoms with E-state index in [1.165, 1.54) is 17.0 Å². The van der Waals surface area contributed by atoms with Crippen LogP contribution in [0.3, 0.4) is 0 Å². The van der Waals surface area contributed by atoms with E-state index in [4.69, 9.17) is 10.8 Å². The Morgan fingerprint density at radius 3 is 1.98 bits per heavy atom. The molecule has 2 atom stereocenters. The maximum atomic E-state index is 14.0. The Labute approximate surface area is 372 Å². The summed E-state index contributed by atoms with van der Waals surface area (Å²) in [7, 11) is 0. The number of carbonyl (C=O) groups excluding carboxylic acids is 3. The number of primary amides is 1. The van der Waals surface area contributed by atoms with Gasteiger partial charge >= 0.3 is 38.2 Å². The number of nitrogens with two attached hydrogens (primary N) is 1. The number of para-hydroxylation sites is 3. The third-order valence-corrected chi connectivity index (χ3v) is 10.2. The number of anilines is 3. The molecule has 316 valence electrons. The Kier molecular flexibility index (Phi) is 15.9. The number of amides is 3. The number of aliphatic hydroxyl groups excluding tert-OH is 2. The second-order valence-electron chi connectivity index (χ2n) is 14.8. The van der Waals surface area contributed by atoms with Gasteiger partial charge < -0.3 is 30.9 Å². The van der Waals surface area contributed by atoms with Crippen LogP contribution < -0.4 is 16.0 Å². The predicted molar refractivity (Wildman–Crippen MR) is 240 cm³/mol. The number of hydrogen-bond acceptors (Lipinski definition) is 6. The van der Waals surface area contributed by atoms with Crippen LogP contribution in [-0.4, -0.2) is 82.0 Å². The quantitative estimate of drug-likeness (QED) is 0.0779. The molecule has 0 bridgehead atoms. The van der Waals surface area contributed by atoms with E-state index in [1.54, 1.807) is 42.5 Å². The van der Waals surface area contributed by atoms with Crippen LogP contribution >= 0.6 is 0 Å². The molecule has 6 N–H and O–H groups in total. The number of carboxylic acids is 1. The van der Waals surface area contributed by atoms with Gasteiger partial charge in [-0.2, -0.15) is 0 Å². The van der Waals surface area contributed by atoms with E-state index < -0.39 is 30.6 Å². The summed E-state index contributed by atoms with van der Waals surface area (Å²) in [5.41, 5.74) is 12.8.